The molecule has 0 fully saturated rings. The van der Waals surface area contributed by atoms with E-state index in [1.165, 1.54) is 0 Å². The molecule has 1 unspecified atom stereocenters. The molecule has 0 aromatic heterocycles. The minimum Gasteiger partial charge on any atom is -0.248 e. The van der Waals surface area contributed by atoms with Gasteiger partial charge in [-0.2, -0.15) is 0 Å². The van der Waals surface area contributed by atoms with Crippen molar-refractivity contribution in [1.29, 1.82) is 0 Å². The lowest BCUT2D eigenvalue weighted by atomic mass is 10.3. The molecule has 4 heteroatoms. The molecule has 0 aromatic rings. The first-order valence-electron chi connectivity index (χ1n) is 2.06. The average molecular weight is 130 g/mol. The molecule has 0 saturated heterocycles. The highest BCUT2D eigenvalue weighted by molar-refractivity contribution is 4.69. The molecular weight excluding hydrogens is 124 g/mol. The van der Waals surface area contributed by atoms with Gasteiger partial charge >= 0.3 is 0 Å². The molecule has 50 valence electrons. The van der Waals surface area contributed by atoms with Crippen LogP contribution in [0.2, 0.25) is 0 Å². The van der Waals surface area contributed by atoms with Crippen molar-refractivity contribution in [2.24, 2.45) is 0 Å². The Morgan fingerprint density at radius 3 is 1.88 bits per heavy atom. The maximum atomic E-state index is 11.5. The molecule has 0 rings (SSSR count). The maximum absolute atomic E-state index is 11.5. The van der Waals surface area contributed by atoms with Gasteiger partial charge in [0.05, 0.1) is 0 Å². The lowest BCUT2D eigenvalue weighted by Crippen LogP contribution is -2.27. The van der Waals surface area contributed by atoms with Crippen LogP contribution in [0.1, 0.15) is 6.92 Å². The van der Waals surface area contributed by atoms with Crippen LogP contribution < -0.4 is 0 Å². The molecule has 0 aromatic carbocycles. The molecule has 0 aliphatic heterocycles. The maximum Gasteiger partial charge on any atom is 0.278 e. The van der Waals surface area contributed by atoms with Crippen LogP contribution in [0.4, 0.5) is 17.6 Å². The Morgan fingerprint density at radius 1 is 1.50 bits per heavy atom. The molecule has 0 nitrogen and oxygen atoms in total. The van der Waals surface area contributed by atoms with E-state index in [1.807, 2.05) is 0 Å². The quantitative estimate of drug-likeness (QED) is 0.501. The van der Waals surface area contributed by atoms with Gasteiger partial charge in [-0.15, -0.1) is 0 Å². The molecule has 0 radical (unpaired) electrons. The van der Waals surface area contributed by atoms with E-state index in [4.69, 9.17) is 0 Å². The summed E-state index contributed by atoms with van der Waals surface area (Å²) in [6.45, 7) is -1.28. The van der Waals surface area contributed by atoms with E-state index in [9.17, 15) is 17.6 Å². The summed E-state index contributed by atoms with van der Waals surface area (Å²) in [5, 5.41) is 0. The topological polar surface area (TPSA) is 0 Å². The van der Waals surface area contributed by atoms with Gasteiger partial charge in [0.25, 0.3) is 5.92 Å². The molecular formula is C4H6F4. The smallest absolute Gasteiger partial charge is 0.248 e. The molecule has 0 aliphatic carbocycles. The van der Waals surface area contributed by atoms with Crippen LogP contribution >= 0.6 is 0 Å². The highest BCUT2D eigenvalue weighted by atomic mass is 19.3. The number of rotatable bonds is 2. The average Bonchev–Trinajstić information content (AvgIpc) is 1.62. The van der Waals surface area contributed by atoms with Gasteiger partial charge in [-0.05, 0) is 0 Å². The zero-order chi connectivity index (χ0) is 6.78. The standard InChI is InChI=1S/C4H6F4/c1-4(7,8)3(6)2-5/h3H,2H2,1H3. The largest absolute Gasteiger partial charge is 0.278 e. The van der Waals surface area contributed by atoms with Crippen LogP contribution in [0.15, 0.2) is 0 Å². The number of hydrogen-bond donors (Lipinski definition) is 0. The highest BCUT2D eigenvalue weighted by Gasteiger charge is 2.33. The van der Waals surface area contributed by atoms with Crippen molar-refractivity contribution < 1.29 is 17.6 Å². The zero-order valence-electron chi connectivity index (χ0n) is 4.30. The number of hydrogen-bond acceptors (Lipinski definition) is 0. The third-order valence-electron chi connectivity index (χ3n) is 0.685. The van der Waals surface area contributed by atoms with Crippen LogP contribution in [0.3, 0.4) is 0 Å². The van der Waals surface area contributed by atoms with E-state index in [-0.39, 0.29) is 0 Å². The van der Waals surface area contributed by atoms with Crippen LogP contribution in [-0.4, -0.2) is 18.8 Å². The summed E-state index contributed by atoms with van der Waals surface area (Å²) >= 11 is 0. The SMILES string of the molecule is CC(F)(F)C(F)CF. The minimum absolute atomic E-state index is 0.344. The van der Waals surface area contributed by atoms with Gasteiger partial charge in [-0.3, -0.25) is 0 Å². The van der Waals surface area contributed by atoms with Crippen molar-refractivity contribution in [2.45, 2.75) is 19.0 Å². The fourth-order valence-electron chi connectivity index (χ4n) is 0.135. The lowest BCUT2D eigenvalue weighted by Gasteiger charge is -2.10. The summed E-state index contributed by atoms with van der Waals surface area (Å²) in [4.78, 5) is 0. The Morgan fingerprint density at radius 2 is 1.88 bits per heavy atom. The molecule has 0 saturated carbocycles. The van der Waals surface area contributed by atoms with Crippen molar-refractivity contribution in [1.82, 2.24) is 0 Å². The number of alkyl halides is 4. The second kappa shape index (κ2) is 2.33. The summed E-state index contributed by atoms with van der Waals surface area (Å²) in [7, 11) is 0. The first-order valence-corrected chi connectivity index (χ1v) is 2.06. The number of halogens is 4. The molecule has 0 aliphatic rings. The Hall–Kier alpha value is -0.280. The summed E-state index contributed by atoms with van der Waals surface area (Å²) in [5.41, 5.74) is 0. The molecule has 0 amide bonds. The van der Waals surface area contributed by atoms with Crippen molar-refractivity contribution >= 4 is 0 Å². The molecule has 0 heterocycles. The van der Waals surface area contributed by atoms with Crippen LogP contribution in [0, 0.1) is 0 Å². The summed E-state index contributed by atoms with van der Waals surface area (Å²) in [6.07, 6.45) is -2.65. The predicted molar refractivity (Wildman–Crippen MR) is 21.5 cm³/mol. The van der Waals surface area contributed by atoms with Gasteiger partial charge < -0.3 is 0 Å². The molecule has 8 heavy (non-hydrogen) atoms. The van der Waals surface area contributed by atoms with E-state index in [0.717, 1.165) is 0 Å². The normalized spacial score (nSPS) is 16.1. The van der Waals surface area contributed by atoms with Crippen molar-refractivity contribution in [2.75, 3.05) is 6.67 Å². The second-order valence-electron chi connectivity index (χ2n) is 1.58. The lowest BCUT2D eigenvalue weighted by molar-refractivity contribution is -0.0625. The third-order valence-corrected chi connectivity index (χ3v) is 0.685. The molecule has 0 N–H and O–H groups in total. The fraction of sp³-hybridized carbons (Fsp3) is 1.00. The van der Waals surface area contributed by atoms with E-state index < -0.39 is 18.8 Å². The molecule has 0 bridgehead atoms. The first kappa shape index (κ1) is 7.72. The Labute approximate surface area is 44.5 Å². The van der Waals surface area contributed by atoms with Crippen LogP contribution in [0.25, 0.3) is 0 Å². The van der Waals surface area contributed by atoms with Crippen molar-refractivity contribution in [3.63, 3.8) is 0 Å². The third kappa shape index (κ3) is 2.14. The van der Waals surface area contributed by atoms with Gasteiger partial charge in [0.1, 0.15) is 6.67 Å². The van der Waals surface area contributed by atoms with Gasteiger partial charge in [0.15, 0.2) is 6.17 Å². The summed E-state index contributed by atoms with van der Waals surface area (Å²) in [6, 6.07) is 0. The zero-order valence-corrected chi connectivity index (χ0v) is 4.30. The van der Waals surface area contributed by atoms with Crippen molar-refractivity contribution in [3.8, 4) is 0 Å². The van der Waals surface area contributed by atoms with Gasteiger partial charge in [0.2, 0.25) is 0 Å². The molecule has 0 spiro atoms. The first-order chi connectivity index (χ1) is 3.48. The monoisotopic (exact) mass is 130 g/mol. The van der Waals surface area contributed by atoms with E-state index in [2.05, 4.69) is 0 Å². The Bertz CT molecular complexity index is 64.9. The fourth-order valence-corrected chi connectivity index (χ4v) is 0.135. The van der Waals surface area contributed by atoms with Gasteiger partial charge in [-0.1, -0.05) is 0 Å². The van der Waals surface area contributed by atoms with E-state index in [0.29, 0.717) is 6.92 Å². The summed E-state index contributed by atoms with van der Waals surface area (Å²) in [5.74, 6) is -3.53. The Balaban J connectivity index is 3.62. The van der Waals surface area contributed by atoms with Gasteiger partial charge in [0, 0.05) is 6.92 Å². The highest BCUT2D eigenvalue weighted by Crippen LogP contribution is 2.19. The van der Waals surface area contributed by atoms with E-state index >= 15 is 0 Å². The van der Waals surface area contributed by atoms with Crippen LogP contribution in [0.5, 0.6) is 0 Å². The van der Waals surface area contributed by atoms with Crippen LogP contribution in [-0.2, 0) is 0 Å². The van der Waals surface area contributed by atoms with E-state index in [1.54, 1.807) is 0 Å². The Kier molecular flexibility index (Phi) is 2.25. The minimum atomic E-state index is -3.53. The summed E-state index contributed by atoms with van der Waals surface area (Å²) < 4.78 is 45.5. The molecule has 1 atom stereocenters. The van der Waals surface area contributed by atoms with Gasteiger partial charge in [-0.25, -0.2) is 17.6 Å². The van der Waals surface area contributed by atoms with Crippen molar-refractivity contribution in [3.05, 3.63) is 0 Å². The second-order valence-corrected chi connectivity index (χ2v) is 1.58. The predicted octanol–water partition coefficient (Wildman–Crippen LogP) is 1.95.